The van der Waals surface area contributed by atoms with Crippen LogP contribution in [0.5, 0.6) is 0 Å². The fraction of sp³-hybridized carbons (Fsp3) is 0.588. The summed E-state index contributed by atoms with van der Waals surface area (Å²) in [7, 11) is 0. The molecule has 0 aromatic heterocycles. The van der Waals surface area contributed by atoms with Crippen molar-refractivity contribution in [3.63, 3.8) is 0 Å². The summed E-state index contributed by atoms with van der Waals surface area (Å²) in [5.74, 6) is 3.17. The minimum atomic E-state index is 0.579. The minimum Gasteiger partial charge on any atom is -0.0622 e. The largest absolute Gasteiger partial charge is 0.0622 e. The highest BCUT2D eigenvalue weighted by molar-refractivity contribution is 5.27. The van der Waals surface area contributed by atoms with Gasteiger partial charge < -0.3 is 0 Å². The van der Waals surface area contributed by atoms with E-state index in [0.717, 1.165) is 17.8 Å². The molecular weight excluding hydrogens is 204 g/mol. The lowest BCUT2D eigenvalue weighted by atomic mass is 9.48. The van der Waals surface area contributed by atoms with Gasteiger partial charge in [-0.1, -0.05) is 30.3 Å². The van der Waals surface area contributed by atoms with E-state index in [0.29, 0.717) is 5.41 Å². The summed E-state index contributed by atoms with van der Waals surface area (Å²) in [6.45, 7) is 0. The highest BCUT2D eigenvalue weighted by atomic mass is 14.5. The third-order valence-electron chi connectivity index (χ3n) is 5.36. The van der Waals surface area contributed by atoms with Gasteiger partial charge in [-0.3, -0.25) is 0 Å². The quantitative estimate of drug-likeness (QED) is 0.697. The van der Waals surface area contributed by atoms with E-state index in [1.54, 1.807) is 19.3 Å². The van der Waals surface area contributed by atoms with Crippen LogP contribution >= 0.6 is 0 Å². The van der Waals surface area contributed by atoms with Gasteiger partial charge in [-0.05, 0) is 73.7 Å². The van der Waals surface area contributed by atoms with Gasteiger partial charge in [0.25, 0.3) is 0 Å². The Balaban J connectivity index is 1.61. The highest BCUT2D eigenvalue weighted by Crippen LogP contribution is 2.61. The van der Waals surface area contributed by atoms with Crippen LogP contribution in [0.15, 0.2) is 30.3 Å². The fourth-order valence-corrected chi connectivity index (χ4v) is 5.26. The lowest BCUT2D eigenvalue weighted by molar-refractivity contribution is -0.0311. The molecule has 0 unspecified atom stereocenters. The standard InChI is InChI=1S/C17H21/c1-2-4-13(5-3-1)9-17-10-14-6-15(11-17)8-16(7-14)12-17/h1-5,9,14-16H,6-8,10-12H2. The molecule has 1 aromatic rings. The van der Waals surface area contributed by atoms with Gasteiger partial charge in [-0.15, -0.1) is 0 Å². The molecule has 0 saturated heterocycles. The number of hydrogen-bond donors (Lipinski definition) is 0. The Morgan fingerprint density at radius 1 is 0.824 bits per heavy atom. The molecule has 1 aromatic carbocycles. The predicted octanol–water partition coefficient (Wildman–Crippen LogP) is 4.46. The summed E-state index contributed by atoms with van der Waals surface area (Å²) >= 11 is 0. The first-order valence-electron chi connectivity index (χ1n) is 7.22. The first kappa shape index (κ1) is 10.2. The molecule has 17 heavy (non-hydrogen) atoms. The van der Waals surface area contributed by atoms with Crippen molar-refractivity contribution in [3.05, 3.63) is 42.3 Å². The molecule has 0 heteroatoms. The average Bonchev–Trinajstić information content (AvgIpc) is 2.27. The number of rotatable bonds is 2. The van der Waals surface area contributed by atoms with Gasteiger partial charge in [0, 0.05) is 0 Å². The second-order valence-electron chi connectivity index (χ2n) is 6.83. The molecule has 89 valence electrons. The van der Waals surface area contributed by atoms with E-state index in [1.807, 2.05) is 0 Å². The van der Waals surface area contributed by atoms with Crippen LogP contribution in [-0.2, 0) is 0 Å². The van der Waals surface area contributed by atoms with Crippen LogP contribution in [-0.4, -0.2) is 0 Å². The molecule has 4 bridgehead atoms. The minimum absolute atomic E-state index is 0.579. The monoisotopic (exact) mass is 225 g/mol. The topological polar surface area (TPSA) is 0 Å². The molecule has 4 fully saturated rings. The van der Waals surface area contributed by atoms with E-state index in [2.05, 4.69) is 36.8 Å². The fourth-order valence-electron chi connectivity index (χ4n) is 5.26. The van der Waals surface area contributed by atoms with Gasteiger partial charge in [0.2, 0.25) is 0 Å². The first-order chi connectivity index (χ1) is 8.31. The van der Waals surface area contributed by atoms with Gasteiger partial charge in [0.15, 0.2) is 0 Å². The maximum Gasteiger partial charge on any atom is -0.00309 e. The molecule has 0 atom stereocenters. The molecule has 0 heterocycles. The third kappa shape index (κ3) is 1.73. The van der Waals surface area contributed by atoms with Crippen molar-refractivity contribution in [1.29, 1.82) is 0 Å². The van der Waals surface area contributed by atoms with Crippen LogP contribution in [0.1, 0.15) is 44.1 Å². The van der Waals surface area contributed by atoms with Crippen molar-refractivity contribution in [1.82, 2.24) is 0 Å². The molecule has 0 aliphatic heterocycles. The Labute approximate surface area is 104 Å². The molecule has 4 aliphatic rings. The SMILES string of the molecule is [CH](c1ccccc1)C12CC3CC(CC(C3)C1)C2. The molecule has 1 radical (unpaired) electrons. The van der Waals surface area contributed by atoms with E-state index in [1.165, 1.54) is 24.8 Å². The second-order valence-corrected chi connectivity index (χ2v) is 6.83. The Morgan fingerprint density at radius 2 is 1.35 bits per heavy atom. The van der Waals surface area contributed by atoms with E-state index in [9.17, 15) is 0 Å². The smallest absolute Gasteiger partial charge is 0.00309 e. The van der Waals surface area contributed by atoms with Crippen molar-refractivity contribution >= 4 is 0 Å². The first-order valence-corrected chi connectivity index (χ1v) is 7.22. The summed E-state index contributed by atoms with van der Waals surface area (Å²) in [6, 6.07) is 11.0. The van der Waals surface area contributed by atoms with Crippen molar-refractivity contribution < 1.29 is 0 Å². The summed E-state index contributed by atoms with van der Waals surface area (Å²) in [5.41, 5.74) is 2.03. The number of benzene rings is 1. The molecule has 0 amide bonds. The molecule has 4 saturated carbocycles. The molecule has 5 rings (SSSR count). The zero-order chi connectivity index (χ0) is 11.3. The van der Waals surface area contributed by atoms with Gasteiger partial charge in [0.1, 0.15) is 0 Å². The van der Waals surface area contributed by atoms with Gasteiger partial charge in [-0.2, -0.15) is 0 Å². The van der Waals surface area contributed by atoms with E-state index in [4.69, 9.17) is 0 Å². The van der Waals surface area contributed by atoms with E-state index in [-0.39, 0.29) is 0 Å². The summed E-state index contributed by atoms with van der Waals surface area (Å²) in [5, 5.41) is 0. The van der Waals surface area contributed by atoms with Crippen molar-refractivity contribution in [2.45, 2.75) is 38.5 Å². The summed E-state index contributed by atoms with van der Waals surface area (Å²) < 4.78 is 0. The van der Waals surface area contributed by atoms with Gasteiger partial charge in [0.05, 0.1) is 0 Å². The zero-order valence-electron chi connectivity index (χ0n) is 10.4. The van der Waals surface area contributed by atoms with Crippen LogP contribution in [0.3, 0.4) is 0 Å². The molecule has 0 nitrogen and oxygen atoms in total. The van der Waals surface area contributed by atoms with Crippen LogP contribution in [0.4, 0.5) is 0 Å². The lowest BCUT2D eigenvalue weighted by Gasteiger charge is -2.57. The van der Waals surface area contributed by atoms with Crippen molar-refractivity contribution in [2.75, 3.05) is 0 Å². The average molecular weight is 225 g/mol. The number of hydrogen-bond acceptors (Lipinski definition) is 0. The van der Waals surface area contributed by atoms with Crippen molar-refractivity contribution in [2.24, 2.45) is 23.2 Å². The van der Waals surface area contributed by atoms with Crippen LogP contribution in [0.25, 0.3) is 0 Å². The molecular formula is C17H21. The van der Waals surface area contributed by atoms with Gasteiger partial charge in [-0.25, -0.2) is 0 Å². The van der Waals surface area contributed by atoms with Crippen LogP contribution < -0.4 is 0 Å². The molecule has 0 spiro atoms. The summed E-state index contributed by atoms with van der Waals surface area (Å²) in [6.07, 6.45) is 11.7. The summed E-state index contributed by atoms with van der Waals surface area (Å²) in [4.78, 5) is 0. The maximum absolute atomic E-state index is 2.62. The predicted molar refractivity (Wildman–Crippen MR) is 70.4 cm³/mol. The normalized spacial score (nSPS) is 42.9. The third-order valence-corrected chi connectivity index (χ3v) is 5.36. The van der Waals surface area contributed by atoms with Gasteiger partial charge >= 0.3 is 0 Å². The maximum atomic E-state index is 2.62. The Hall–Kier alpha value is -0.780. The zero-order valence-corrected chi connectivity index (χ0v) is 10.4. The van der Waals surface area contributed by atoms with E-state index < -0.39 is 0 Å². The molecule has 0 N–H and O–H groups in total. The molecule has 4 aliphatic carbocycles. The lowest BCUT2D eigenvalue weighted by Crippen LogP contribution is -2.46. The van der Waals surface area contributed by atoms with Crippen LogP contribution in [0.2, 0.25) is 0 Å². The van der Waals surface area contributed by atoms with Crippen molar-refractivity contribution in [3.8, 4) is 0 Å². The highest BCUT2D eigenvalue weighted by Gasteiger charge is 2.50. The Morgan fingerprint density at radius 3 is 1.88 bits per heavy atom. The van der Waals surface area contributed by atoms with Crippen LogP contribution in [0, 0.1) is 29.6 Å². The Bertz CT molecular complexity index is 368. The van der Waals surface area contributed by atoms with E-state index >= 15 is 0 Å². The second kappa shape index (κ2) is 3.60. The Kier molecular flexibility index (Phi) is 2.16.